The summed E-state index contributed by atoms with van der Waals surface area (Å²) in [5.41, 5.74) is 4.49. The number of nitrogens with one attached hydrogen (secondary N) is 1. The molecule has 4 heteroatoms. The summed E-state index contributed by atoms with van der Waals surface area (Å²) in [7, 11) is 0. The standard InChI is InChI=1S/C13H18N2O2/c1-4-17-13(16)15-14-9-11-5-7-12(8-6-11)10(2)3/h5-10H,4H2,1-3H3,(H,15,16). The van der Waals surface area contributed by atoms with E-state index in [-0.39, 0.29) is 0 Å². The predicted molar refractivity (Wildman–Crippen MR) is 68.3 cm³/mol. The molecule has 17 heavy (non-hydrogen) atoms. The number of amides is 1. The minimum Gasteiger partial charge on any atom is -0.449 e. The molecular weight excluding hydrogens is 216 g/mol. The summed E-state index contributed by atoms with van der Waals surface area (Å²) < 4.78 is 4.67. The summed E-state index contributed by atoms with van der Waals surface area (Å²) in [5, 5.41) is 3.79. The lowest BCUT2D eigenvalue weighted by Crippen LogP contribution is -2.18. The fraction of sp³-hybridized carbons (Fsp3) is 0.385. The van der Waals surface area contributed by atoms with Crippen LogP contribution >= 0.6 is 0 Å². The molecule has 92 valence electrons. The minimum atomic E-state index is -0.539. The van der Waals surface area contributed by atoms with Gasteiger partial charge in [-0.05, 0) is 24.0 Å². The van der Waals surface area contributed by atoms with Crippen molar-refractivity contribution in [3.63, 3.8) is 0 Å². The van der Waals surface area contributed by atoms with Gasteiger partial charge in [-0.3, -0.25) is 0 Å². The molecular formula is C13H18N2O2. The molecule has 1 rings (SSSR count). The van der Waals surface area contributed by atoms with Crippen LogP contribution in [0.15, 0.2) is 29.4 Å². The fourth-order valence-electron chi connectivity index (χ4n) is 1.29. The predicted octanol–water partition coefficient (Wildman–Crippen LogP) is 2.89. The number of benzene rings is 1. The van der Waals surface area contributed by atoms with E-state index in [4.69, 9.17) is 0 Å². The van der Waals surface area contributed by atoms with Crippen molar-refractivity contribution in [2.75, 3.05) is 6.61 Å². The van der Waals surface area contributed by atoms with Crippen molar-refractivity contribution >= 4 is 12.3 Å². The van der Waals surface area contributed by atoms with Gasteiger partial charge in [0.2, 0.25) is 0 Å². The topological polar surface area (TPSA) is 50.7 Å². The Bertz CT molecular complexity index is 383. The van der Waals surface area contributed by atoms with Crippen LogP contribution in [0.3, 0.4) is 0 Å². The molecule has 0 spiro atoms. The van der Waals surface area contributed by atoms with E-state index in [9.17, 15) is 4.79 Å². The Balaban J connectivity index is 2.51. The van der Waals surface area contributed by atoms with Gasteiger partial charge in [-0.1, -0.05) is 38.1 Å². The lowest BCUT2D eigenvalue weighted by molar-refractivity contribution is 0.152. The highest BCUT2D eigenvalue weighted by Gasteiger charge is 1.98. The quantitative estimate of drug-likeness (QED) is 0.643. The molecule has 0 atom stereocenters. The summed E-state index contributed by atoms with van der Waals surface area (Å²) in [6.45, 7) is 6.37. The molecule has 0 fully saturated rings. The van der Waals surface area contributed by atoms with Crippen molar-refractivity contribution in [1.82, 2.24) is 5.43 Å². The molecule has 1 aromatic carbocycles. The number of rotatable bonds is 4. The van der Waals surface area contributed by atoms with Gasteiger partial charge >= 0.3 is 6.09 Å². The maximum Gasteiger partial charge on any atom is 0.427 e. The van der Waals surface area contributed by atoms with Crippen LogP contribution < -0.4 is 5.43 Å². The number of hydrogen-bond acceptors (Lipinski definition) is 3. The number of carbonyl (C=O) groups is 1. The number of hydrazone groups is 1. The van der Waals surface area contributed by atoms with Gasteiger partial charge in [0.05, 0.1) is 12.8 Å². The van der Waals surface area contributed by atoms with E-state index >= 15 is 0 Å². The molecule has 0 bridgehead atoms. The SMILES string of the molecule is CCOC(=O)NN=Cc1ccc(C(C)C)cc1. The highest BCUT2D eigenvalue weighted by molar-refractivity contribution is 5.80. The zero-order valence-corrected chi connectivity index (χ0v) is 10.4. The zero-order chi connectivity index (χ0) is 12.7. The first-order valence-corrected chi connectivity index (χ1v) is 5.69. The van der Waals surface area contributed by atoms with Crippen LogP contribution in [-0.4, -0.2) is 18.9 Å². The molecule has 0 aliphatic heterocycles. The fourth-order valence-corrected chi connectivity index (χ4v) is 1.29. The molecule has 4 nitrogen and oxygen atoms in total. The Kier molecular flexibility index (Phi) is 5.20. The van der Waals surface area contributed by atoms with E-state index < -0.39 is 6.09 Å². The molecule has 0 saturated carbocycles. The second-order valence-corrected chi connectivity index (χ2v) is 3.91. The molecule has 0 heterocycles. The summed E-state index contributed by atoms with van der Waals surface area (Å²) in [5.74, 6) is 0.513. The average molecular weight is 234 g/mol. The number of nitrogens with zero attached hydrogens (tertiary/aromatic N) is 1. The third-order valence-electron chi connectivity index (χ3n) is 2.25. The normalized spacial score (nSPS) is 10.8. The lowest BCUT2D eigenvalue weighted by atomic mass is 10.0. The van der Waals surface area contributed by atoms with Gasteiger partial charge in [0.15, 0.2) is 0 Å². The Hall–Kier alpha value is -1.84. The van der Waals surface area contributed by atoms with E-state index in [0.717, 1.165) is 5.56 Å². The molecule has 1 N–H and O–H groups in total. The van der Waals surface area contributed by atoms with Gasteiger partial charge in [-0.2, -0.15) is 5.10 Å². The number of hydrogen-bond donors (Lipinski definition) is 1. The molecule has 0 aromatic heterocycles. The lowest BCUT2D eigenvalue weighted by Gasteiger charge is -2.04. The first-order chi connectivity index (χ1) is 8.13. The molecule has 0 aliphatic rings. The Morgan fingerprint density at radius 2 is 2.06 bits per heavy atom. The summed E-state index contributed by atoms with van der Waals surface area (Å²) in [6.07, 6.45) is 1.05. The highest BCUT2D eigenvalue weighted by atomic mass is 16.5. The van der Waals surface area contributed by atoms with Crippen LogP contribution in [-0.2, 0) is 4.74 Å². The first kappa shape index (κ1) is 13.2. The third-order valence-corrected chi connectivity index (χ3v) is 2.25. The highest BCUT2D eigenvalue weighted by Crippen LogP contribution is 2.13. The van der Waals surface area contributed by atoms with Crippen molar-refractivity contribution < 1.29 is 9.53 Å². The van der Waals surface area contributed by atoms with E-state index in [1.807, 2.05) is 12.1 Å². The van der Waals surface area contributed by atoms with Crippen LogP contribution in [0.25, 0.3) is 0 Å². The van der Waals surface area contributed by atoms with E-state index in [2.05, 4.69) is 41.2 Å². The van der Waals surface area contributed by atoms with E-state index in [0.29, 0.717) is 12.5 Å². The summed E-state index contributed by atoms with van der Waals surface area (Å²) in [6, 6.07) is 8.03. The van der Waals surface area contributed by atoms with Gasteiger partial charge in [0.1, 0.15) is 0 Å². The maximum absolute atomic E-state index is 10.9. The molecule has 0 unspecified atom stereocenters. The van der Waals surface area contributed by atoms with Crippen molar-refractivity contribution in [2.24, 2.45) is 5.10 Å². The van der Waals surface area contributed by atoms with E-state index in [1.54, 1.807) is 13.1 Å². The Morgan fingerprint density at radius 3 is 2.59 bits per heavy atom. The average Bonchev–Trinajstić information content (AvgIpc) is 2.30. The molecule has 0 aliphatic carbocycles. The van der Waals surface area contributed by atoms with Crippen LogP contribution in [0, 0.1) is 0 Å². The van der Waals surface area contributed by atoms with Crippen LogP contribution in [0.5, 0.6) is 0 Å². The van der Waals surface area contributed by atoms with Crippen molar-refractivity contribution in [2.45, 2.75) is 26.7 Å². The third kappa shape index (κ3) is 4.68. The zero-order valence-electron chi connectivity index (χ0n) is 10.4. The van der Waals surface area contributed by atoms with Crippen LogP contribution in [0.2, 0.25) is 0 Å². The Morgan fingerprint density at radius 1 is 1.41 bits per heavy atom. The minimum absolute atomic E-state index is 0.338. The second kappa shape index (κ2) is 6.68. The second-order valence-electron chi connectivity index (χ2n) is 3.91. The summed E-state index contributed by atoms with van der Waals surface area (Å²) in [4.78, 5) is 10.9. The van der Waals surface area contributed by atoms with Gasteiger partial charge in [-0.25, -0.2) is 10.2 Å². The van der Waals surface area contributed by atoms with Gasteiger partial charge in [0.25, 0.3) is 0 Å². The van der Waals surface area contributed by atoms with Crippen molar-refractivity contribution in [3.8, 4) is 0 Å². The molecule has 1 aromatic rings. The van der Waals surface area contributed by atoms with Crippen molar-refractivity contribution in [1.29, 1.82) is 0 Å². The number of carbonyl (C=O) groups excluding carboxylic acids is 1. The van der Waals surface area contributed by atoms with Crippen molar-refractivity contribution in [3.05, 3.63) is 35.4 Å². The van der Waals surface area contributed by atoms with Gasteiger partial charge < -0.3 is 4.74 Å². The van der Waals surface area contributed by atoms with E-state index in [1.165, 1.54) is 5.56 Å². The van der Waals surface area contributed by atoms with Gasteiger partial charge in [0, 0.05) is 0 Å². The Labute approximate surface area is 102 Å². The van der Waals surface area contributed by atoms with Crippen LogP contribution in [0.1, 0.15) is 37.8 Å². The maximum atomic E-state index is 10.9. The molecule has 0 saturated heterocycles. The monoisotopic (exact) mass is 234 g/mol. The number of ether oxygens (including phenoxy) is 1. The first-order valence-electron chi connectivity index (χ1n) is 5.69. The molecule has 0 radical (unpaired) electrons. The van der Waals surface area contributed by atoms with Gasteiger partial charge in [-0.15, -0.1) is 0 Å². The smallest absolute Gasteiger partial charge is 0.427 e. The molecule has 1 amide bonds. The van der Waals surface area contributed by atoms with Crippen LogP contribution in [0.4, 0.5) is 4.79 Å². The summed E-state index contributed by atoms with van der Waals surface area (Å²) >= 11 is 0. The largest absolute Gasteiger partial charge is 0.449 e.